The van der Waals surface area contributed by atoms with Gasteiger partial charge in [-0.15, -0.1) is 0 Å². The molecule has 9 nitrogen and oxygen atoms in total. The molecule has 0 radical (unpaired) electrons. The van der Waals surface area contributed by atoms with Gasteiger partial charge in [-0.1, -0.05) is 77.9 Å². The first-order chi connectivity index (χ1) is 20.5. The molecule has 3 aromatic rings. The third-order valence-corrected chi connectivity index (χ3v) is 9.38. The van der Waals surface area contributed by atoms with E-state index in [0.717, 1.165) is 22.6 Å². The molecule has 2 unspecified atom stereocenters. The molecule has 1 amide bonds. The molecule has 0 saturated heterocycles. The van der Waals surface area contributed by atoms with Crippen LogP contribution in [0, 0.1) is 11.2 Å². The van der Waals surface area contributed by atoms with Gasteiger partial charge in [-0.3, -0.25) is 0 Å². The van der Waals surface area contributed by atoms with Crippen LogP contribution in [0.2, 0.25) is 0 Å². The summed E-state index contributed by atoms with van der Waals surface area (Å²) in [7, 11) is -4.55. The van der Waals surface area contributed by atoms with Gasteiger partial charge in [0.1, 0.15) is 23.3 Å². The minimum absolute atomic E-state index is 0.152. The number of aromatic nitrogens is 1. The van der Waals surface area contributed by atoms with Crippen molar-refractivity contribution < 1.29 is 32.2 Å². The fourth-order valence-corrected chi connectivity index (χ4v) is 6.59. The van der Waals surface area contributed by atoms with E-state index in [1.54, 1.807) is 53.7 Å². The Morgan fingerprint density at radius 3 is 2.00 bits per heavy atom. The maximum atomic E-state index is 14.3. The summed E-state index contributed by atoms with van der Waals surface area (Å²) in [5, 5.41) is 10.3. The lowest BCUT2D eigenvalue weighted by molar-refractivity contribution is -0.141. The van der Waals surface area contributed by atoms with Crippen LogP contribution in [0.4, 0.5) is 15.0 Å². The zero-order valence-corrected chi connectivity index (χ0v) is 28.2. The summed E-state index contributed by atoms with van der Waals surface area (Å²) < 4.78 is 48.5. The molecule has 2 atom stereocenters. The number of sulfone groups is 1. The highest BCUT2D eigenvalue weighted by Crippen LogP contribution is 2.37. The number of hydrogen-bond acceptors (Lipinski definition) is 7. The van der Waals surface area contributed by atoms with Gasteiger partial charge in [0.05, 0.1) is 10.6 Å². The van der Waals surface area contributed by atoms with E-state index in [2.05, 4.69) is 25.8 Å². The number of aliphatic carboxylic acids is 1. The van der Waals surface area contributed by atoms with Gasteiger partial charge < -0.3 is 15.6 Å². The molecular formula is C34H44FN3O6S. The molecule has 11 heteroatoms. The Morgan fingerprint density at radius 1 is 0.933 bits per heavy atom. The van der Waals surface area contributed by atoms with Gasteiger partial charge in [0.2, 0.25) is 9.84 Å². The molecule has 1 heterocycles. The molecule has 3 N–H and O–H groups in total. The SMILES string of the molecule is CC(C)(C)OC(=O)N(c1cccc(C(N)(Cc2ccc(C(C)(C)C)cc2)S(=O)(=O)c2cccc(F)c2)n1)C(C(=O)O)C(C)(C)C. The molecule has 45 heavy (non-hydrogen) atoms. The van der Waals surface area contributed by atoms with Gasteiger partial charge >= 0.3 is 12.1 Å². The van der Waals surface area contributed by atoms with Crippen LogP contribution < -0.4 is 10.6 Å². The number of halogens is 1. The number of carboxylic acid groups (broad SMARTS) is 1. The van der Waals surface area contributed by atoms with Gasteiger partial charge in [0.25, 0.3) is 0 Å². The highest BCUT2D eigenvalue weighted by Gasteiger charge is 2.47. The standard InChI is InChI=1S/C34H44FN3O6S/c1-31(2,3)23-18-16-22(17-19-23)21-34(36,45(42,43)25-13-10-12-24(35)20-25)26-14-11-15-27(37-26)38(30(41)44-33(7,8)9)28(29(39)40)32(4,5)6/h10-20,28H,21,36H2,1-9H3,(H,39,40). The van der Waals surface area contributed by atoms with Crippen molar-refractivity contribution in [2.45, 2.75) is 95.6 Å². The lowest BCUT2D eigenvalue weighted by Crippen LogP contribution is -2.54. The number of ether oxygens (including phenoxy) is 1. The summed E-state index contributed by atoms with van der Waals surface area (Å²) in [6.45, 7) is 16.0. The third kappa shape index (κ3) is 8.07. The molecule has 2 aromatic carbocycles. The van der Waals surface area contributed by atoms with E-state index in [1.165, 1.54) is 30.3 Å². The maximum Gasteiger partial charge on any atom is 0.416 e. The molecule has 0 spiro atoms. The van der Waals surface area contributed by atoms with Crippen molar-refractivity contribution in [1.82, 2.24) is 4.98 Å². The average Bonchev–Trinajstić information content (AvgIpc) is 2.89. The van der Waals surface area contributed by atoms with E-state index in [-0.39, 0.29) is 28.2 Å². The normalized spacial score (nSPS) is 14.7. The van der Waals surface area contributed by atoms with Crippen LogP contribution in [-0.4, -0.2) is 42.2 Å². The highest BCUT2D eigenvalue weighted by molar-refractivity contribution is 7.92. The first-order valence-corrected chi connectivity index (χ1v) is 16.1. The Bertz CT molecular complexity index is 1650. The average molecular weight is 642 g/mol. The number of nitrogens with two attached hydrogens (primary N) is 1. The molecule has 0 fully saturated rings. The van der Waals surface area contributed by atoms with E-state index < -0.39 is 49.6 Å². The smallest absolute Gasteiger partial charge is 0.416 e. The zero-order valence-electron chi connectivity index (χ0n) is 27.4. The Kier molecular flexibility index (Phi) is 9.92. The minimum Gasteiger partial charge on any atom is -0.480 e. The second-order valence-electron chi connectivity index (χ2n) is 14.3. The summed E-state index contributed by atoms with van der Waals surface area (Å²) in [4.78, 5) is 29.0. The summed E-state index contributed by atoms with van der Waals surface area (Å²) in [6.07, 6.45) is -1.25. The van der Waals surface area contributed by atoms with Gasteiger partial charge in [0.15, 0.2) is 4.87 Å². The molecule has 0 aliphatic rings. The first-order valence-electron chi connectivity index (χ1n) is 14.6. The number of pyridine rings is 1. The molecular weight excluding hydrogens is 597 g/mol. The van der Waals surface area contributed by atoms with Crippen LogP contribution in [-0.2, 0) is 36.1 Å². The fourth-order valence-electron chi connectivity index (χ4n) is 4.90. The lowest BCUT2D eigenvalue weighted by Gasteiger charge is -2.38. The second-order valence-corrected chi connectivity index (χ2v) is 16.5. The van der Waals surface area contributed by atoms with Crippen LogP contribution >= 0.6 is 0 Å². The van der Waals surface area contributed by atoms with Crippen LogP contribution in [0.3, 0.4) is 0 Å². The number of anilines is 1. The van der Waals surface area contributed by atoms with Crippen molar-refractivity contribution in [2.24, 2.45) is 11.1 Å². The predicted molar refractivity (Wildman–Crippen MR) is 172 cm³/mol. The van der Waals surface area contributed by atoms with Crippen LogP contribution in [0.1, 0.15) is 79.1 Å². The van der Waals surface area contributed by atoms with Crippen LogP contribution in [0.5, 0.6) is 0 Å². The largest absolute Gasteiger partial charge is 0.480 e. The van der Waals surface area contributed by atoms with Crippen LogP contribution in [0.25, 0.3) is 0 Å². The van der Waals surface area contributed by atoms with Crippen LogP contribution in [0.15, 0.2) is 71.6 Å². The lowest BCUT2D eigenvalue weighted by atomic mass is 9.85. The molecule has 0 bridgehead atoms. The Morgan fingerprint density at radius 2 is 1.51 bits per heavy atom. The van der Waals surface area contributed by atoms with Gasteiger partial charge in [-0.2, -0.15) is 0 Å². The monoisotopic (exact) mass is 641 g/mol. The second kappa shape index (κ2) is 12.5. The predicted octanol–water partition coefficient (Wildman–Crippen LogP) is 6.59. The number of carbonyl (C=O) groups is 2. The number of carbonyl (C=O) groups excluding carboxylic acids is 1. The van der Waals surface area contributed by atoms with E-state index in [9.17, 15) is 27.5 Å². The molecule has 1 aromatic heterocycles. The molecule has 3 rings (SSSR count). The summed E-state index contributed by atoms with van der Waals surface area (Å²) in [5.41, 5.74) is 6.17. The Labute approximate surface area is 265 Å². The van der Waals surface area contributed by atoms with E-state index in [1.807, 2.05) is 12.1 Å². The highest BCUT2D eigenvalue weighted by atomic mass is 32.2. The van der Waals surface area contributed by atoms with E-state index in [0.29, 0.717) is 5.56 Å². The van der Waals surface area contributed by atoms with Crippen molar-refractivity contribution in [3.05, 3.63) is 89.4 Å². The van der Waals surface area contributed by atoms with Gasteiger partial charge in [-0.05, 0) is 73.1 Å². The quantitative estimate of drug-likeness (QED) is 0.281. The molecule has 0 aliphatic heterocycles. The Balaban J connectivity index is 2.30. The van der Waals surface area contributed by atoms with Crippen molar-refractivity contribution in [1.29, 1.82) is 0 Å². The molecule has 0 aliphatic carbocycles. The number of rotatable bonds is 8. The van der Waals surface area contributed by atoms with E-state index in [4.69, 9.17) is 10.5 Å². The molecule has 0 saturated carbocycles. The Hall–Kier alpha value is -3.83. The maximum absolute atomic E-state index is 14.3. The first kappa shape index (κ1) is 35.6. The zero-order chi connectivity index (χ0) is 34.2. The number of nitrogens with zero attached hydrogens (tertiary/aromatic N) is 2. The number of amides is 1. The fraction of sp³-hybridized carbons (Fsp3) is 0.441. The van der Waals surface area contributed by atoms with Crippen molar-refractivity contribution in [3.8, 4) is 0 Å². The van der Waals surface area contributed by atoms with E-state index >= 15 is 0 Å². The number of hydrogen-bond donors (Lipinski definition) is 2. The van der Waals surface area contributed by atoms with Crippen molar-refractivity contribution in [2.75, 3.05) is 4.90 Å². The summed E-state index contributed by atoms with van der Waals surface area (Å²) in [5.74, 6) is -2.25. The van der Waals surface area contributed by atoms with Gasteiger partial charge in [0, 0.05) is 6.42 Å². The summed E-state index contributed by atoms with van der Waals surface area (Å²) in [6, 6.07) is 14.6. The molecule has 244 valence electrons. The summed E-state index contributed by atoms with van der Waals surface area (Å²) >= 11 is 0. The number of carboxylic acids is 1. The minimum atomic E-state index is -4.55. The number of benzene rings is 2. The third-order valence-electron chi connectivity index (χ3n) is 7.19. The van der Waals surface area contributed by atoms with Gasteiger partial charge in [-0.25, -0.2) is 32.3 Å². The van der Waals surface area contributed by atoms with Crippen molar-refractivity contribution in [3.63, 3.8) is 0 Å². The van der Waals surface area contributed by atoms with Crippen molar-refractivity contribution >= 4 is 27.7 Å². The topological polar surface area (TPSA) is 140 Å².